The zero-order valence-corrected chi connectivity index (χ0v) is 13.1. The fourth-order valence-electron chi connectivity index (χ4n) is 5.52. The Labute approximate surface area is 118 Å². The maximum atomic E-state index is 2.54. The van der Waals surface area contributed by atoms with Crippen LogP contribution in [0.5, 0.6) is 0 Å². The van der Waals surface area contributed by atoms with Crippen molar-refractivity contribution < 1.29 is 8.97 Å². The van der Waals surface area contributed by atoms with Gasteiger partial charge in [0.1, 0.15) is 0 Å². The summed E-state index contributed by atoms with van der Waals surface area (Å²) < 4.78 is 2.98. The molecule has 6 fully saturated rings. The molecule has 6 saturated heterocycles. The Hall–Kier alpha value is -0.0800. The van der Waals surface area contributed by atoms with E-state index in [9.17, 15) is 0 Å². The number of fused-ring (bicyclic) bond motifs is 6. The average molecular weight is 264 g/mol. The lowest BCUT2D eigenvalue weighted by molar-refractivity contribution is -1.11. The van der Waals surface area contributed by atoms with Crippen LogP contribution in [0.1, 0.15) is 52.4 Å². The maximum absolute atomic E-state index is 2.54. The van der Waals surface area contributed by atoms with Gasteiger partial charge < -0.3 is 0 Å². The van der Waals surface area contributed by atoms with Crippen molar-refractivity contribution in [3.05, 3.63) is 0 Å². The summed E-state index contributed by atoms with van der Waals surface area (Å²) in [5.41, 5.74) is 1.45. The van der Waals surface area contributed by atoms with Gasteiger partial charge >= 0.3 is 0 Å². The number of quaternary nitrogens is 2. The van der Waals surface area contributed by atoms with Crippen molar-refractivity contribution in [2.45, 2.75) is 52.4 Å². The van der Waals surface area contributed by atoms with Crippen LogP contribution >= 0.6 is 0 Å². The number of piperidine rings is 6. The topological polar surface area (TPSA) is 0 Å². The Morgan fingerprint density at radius 2 is 0.842 bits per heavy atom. The second-order valence-corrected chi connectivity index (χ2v) is 9.29. The van der Waals surface area contributed by atoms with Gasteiger partial charge in [-0.05, 0) is 10.8 Å². The number of rotatable bonds is 2. The molecule has 0 amide bonds. The molecule has 6 heterocycles. The summed E-state index contributed by atoms with van der Waals surface area (Å²) in [6, 6.07) is 0. The van der Waals surface area contributed by atoms with Crippen molar-refractivity contribution in [3.63, 3.8) is 0 Å². The van der Waals surface area contributed by atoms with Crippen LogP contribution < -0.4 is 0 Å². The fourth-order valence-corrected chi connectivity index (χ4v) is 5.52. The molecule has 0 atom stereocenters. The Kier molecular flexibility index (Phi) is 2.50. The average Bonchev–Trinajstić information content (AvgIpc) is 2.43. The molecule has 0 aromatic heterocycles. The van der Waals surface area contributed by atoms with E-state index in [-0.39, 0.29) is 0 Å². The standard InChI is InChI=1S/C17H32N2/c1-16-3-9-18(10-4-16,11-5-16)15-19-12-6-17(2,7-13-19)8-14-19/h3-15H2,1-2H3/q+2. The Balaban J connectivity index is 1.50. The van der Waals surface area contributed by atoms with Gasteiger partial charge in [-0.1, -0.05) is 13.8 Å². The molecule has 6 aliphatic rings. The lowest BCUT2D eigenvalue weighted by Crippen LogP contribution is -2.72. The van der Waals surface area contributed by atoms with Gasteiger partial charge in [0.2, 0.25) is 6.67 Å². The van der Waals surface area contributed by atoms with E-state index in [2.05, 4.69) is 13.8 Å². The molecule has 0 spiro atoms. The Bertz CT molecular complexity index is 302. The second-order valence-electron chi connectivity index (χ2n) is 9.29. The van der Waals surface area contributed by atoms with Crippen LogP contribution in [-0.4, -0.2) is 54.9 Å². The molecule has 0 aromatic carbocycles. The summed E-state index contributed by atoms with van der Waals surface area (Å²) in [4.78, 5) is 0. The summed E-state index contributed by atoms with van der Waals surface area (Å²) in [5.74, 6) is 0. The van der Waals surface area contributed by atoms with Crippen LogP contribution in [-0.2, 0) is 0 Å². The highest BCUT2D eigenvalue weighted by Gasteiger charge is 2.54. The molecule has 108 valence electrons. The van der Waals surface area contributed by atoms with Crippen molar-refractivity contribution in [2.75, 3.05) is 45.9 Å². The molecule has 0 radical (unpaired) electrons. The van der Waals surface area contributed by atoms with E-state index in [1.807, 2.05) is 0 Å². The van der Waals surface area contributed by atoms with Crippen molar-refractivity contribution >= 4 is 0 Å². The predicted molar refractivity (Wildman–Crippen MR) is 78.5 cm³/mol. The highest BCUT2D eigenvalue weighted by molar-refractivity contribution is 4.84. The van der Waals surface area contributed by atoms with Crippen LogP contribution in [0.25, 0.3) is 0 Å². The molecule has 2 nitrogen and oxygen atoms in total. The first-order valence-corrected chi connectivity index (χ1v) is 8.65. The van der Waals surface area contributed by atoms with Crippen LogP contribution in [0.4, 0.5) is 0 Å². The summed E-state index contributed by atoms with van der Waals surface area (Å²) in [6.45, 7) is 15.5. The Morgan fingerprint density at radius 3 is 1.11 bits per heavy atom. The largest absolute Gasteiger partial charge is 0.277 e. The van der Waals surface area contributed by atoms with E-state index >= 15 is 0 Å². The summed E-state index contributed by atoms with van der Waals surface area (Å²) in [5, 5.41) is 0. The first kappa shape index (κ1) is 12.6. The molecule has 19 heavy (non-hydrogen) atoms. The molecule has 2 heteroatoms. The minimum absolute atomic E-state index is 0.725. The molecule has 6 rings (SSSR count). The molecular weight excluding hydrogens is 232 g/mol. The van der Waals surface area contributed by atoms with Crippen LogP contribution in [0.15, 0.2) is 0 Å². The van der Waals surface area contributed by atoms with E-state index in [4.69, 9.17) is 0 Å². The van der Waals surface area contributed by atoms with Crippen molar-refractivity contribution in [1.29, 1.82) is 0 Å². The van der Waals surface area contributed by atoms with E-state index in [1.165, 1.54) is 93.4 Å². The normalized spacial score (nSPS) is 56.5. The second kappa shape index (κ2) is 3.76. The summed E-state index contributed by atoms with van der Waals surface area (Å²) in [7, 11) is 0. The fraction of sp³-hybridized carbons (Fsp3) is 1.00. The van der Waals surface area contributed by atoms with E-state index in [0.29, 0.717) is 0 Å². The summed E-state index contributed by atoms with van der Waals surface area (Å²) >= 11 is 0. The van der Waals surface area contributed by atoms with Crippen LogP contribution in [0, 0.1) is 10.8 Å². The van der Waals surface area contributed by atoms with E-state index in [1.54, 1.807) is 0 Å². The molecule has 0 aliphatic carbocycles. The smallest absolute Gasteiger partial charge is 0.207 e. The monoisotopic (exact) mass is 264 g/mol. The number of nitrogens with zero attached hydrogens (tertiary/aromatic N) is 2. The molecule has 0 aromatic rings. The lowest BCUT2D eigenvalue weighted by atomic mass is 9.71. The number of hydrogen-bond acceptors (Lipinski definition) is 0. The lowest BCUT2D eigenvalue weighted by Gasteiger charge is -2.60. The van der Waals surface area contributed by atoms with Gasteiger partial charge in [0.25, 0.3) is 0 Å². The zero-order chi connectivity index (χ0) is 13.2. The third-order valence-electron chi connectivity index (χ3n) is 7.74. The van der Waals surface area contributed by atoms with E-state index in [0.717, 1.165) is 10.8 Å². The van der Waals surface area contributed by atoms with Gasteiger partial charge in [-0.3, -0.25) is 8.97 Å². The van der Waals surface area contributed by atoms with Crippen molar-refractivity contribution in [2.24, 2.45) is 10.8 Å². The molecule has 4 bridgehead atoms. The predicted octanol–water partition coefficient (Wildman–Crippen LogP) is 2.99. The molecule has 0 N–H and O–H groups in total. The quantitative estimate of drug-likeness (QED) is 0.673. The minimum atomic E-state index is 0.725. The number of hydrogen-bond donors (Lipinski definition) is 0. The van der Waals surface area contributed by atoms with Gasteiger partial charge in [-0.25, -0.2) is 0 Å². The van der Waals surface area contributed by atoms with Gasteiger partial charge in [0, 0.05) is 38.5 Å². The third kappa shape index (κ3) is 1.98. The zero-order valence-electron chi connectivity index (χ0n) is 13.1. The molecule has 0 saturated carbocycles. The molecule has 6 aliphatic heterocycles. The first-order chi connectivity index (χ1) is 8.95. The highest BCUT2D eigenvalue weighted by atomic mass is 15.5. The Morgan fingerprint density at radius 1 is 0.579 bits per heavy atom. The third-order valence-corrected chi connectivity index (χ3v) is 7.74. The summed E-state index contributed by atoms with van der Waals surface area (Å²) in [6.07, 6.45) is 9.03. The maximum Gasteiger partial charge on any atom is 0.207 e. The van der Waals surface area contributed by atoms with Crippen molar-refractivity contribution in [3.8, 4) is 0 Å². The van der Waals surface area contributed by atoms with Crippen LogP contribution in [0.2, 0.25) is 0 Å². The van der Waals surface area contributed by atoms with Gasteiger partial charge in [-0.15, -0.1) is 0 Å². The molecular formula is C17H32N2+2. The minimum Gasteiger partial charge on any atom is -0.277 e. The van der Waals surface area contributed by atoms with E-state index < -0.39 is 0 Å². The van der Waals surface area contributed by atoms with Gasteiger partial charge in [0.05, 0.1) is 39.3 Å². The highest BCUT2D eigenvalue weighted by Crippen LogP contribution is 2.47. The van der Waals surface area contributed by atoms with Crippen LogP contribution in [0.3, 0.4) is 0 Å². The van der Waals surface area contributed by atoms with Gasteiger partial charge in [-0.2, -0.15) is 0 Å². The van der Waals surface area contributed by atoms with Gasteiger partial charge in [0.15, 0.2) is 0 Å². The van der Waals surface area contributed by atoms with Crippen molar-refractivity contribution in [1.82, 2.24) is 0 Å². The molecule has 0 unspecified atom stereocenters. The SMILES string of the molecule is CC12CC[N+](C[N+]34CCC(C)(CC3)CC4)(CC1)CC2. The first-order valence-electron chi connectivity index (χ1n) is 8.65.